The molecule has 2 aliphatic carbocycles. The van der Waals surface area contributed by atoms with E-state index in [1.165, 1.54) is 4.90 Å². The maximum Gasteiger partial charge on any atom is 0.320 e. The Labute approximate surface area is 297 Å². The average Bonchev–Trinajstić information content (AvgIpc) is 4.03. The first-order valence-corrected chi connectivity index (χ1v) is 19.0. The third kappa shape index (κ3) is 6.83. The molecule has 2 aliphatic heterocycles. The monoisotopic (exact) mass is 717 g/mol. The normalized spacial score (nSPS) is 26.1. The van der Waals surface area contributed by atoms with Gasteiger partial charge < -0.3 is 24.6 Å². The second-order valence-corrected chi connectivity index (χ2v) is 16.0. The molecule has 51 heavy (non-hydrogen) atoms. The molecule has 14 nitrogen and oxygen atoms in total. The van der Waals surface area contributed by atoms with Crippen molar-refractivity contribution in [3.8, 4) is 23.1 Å². The summed E-state index contributed by atoms with van der Waals surface area (Å²) in [5, 5.41) is 2.93. The number of benzene rings is 1. The molecule has 3 aromatic rings. The molecule has 15 heteroatoms. The standard InChI is InChI=1S/C36H43N7O7S/c1-21-10-9-12-27(37-21)31-38-30-22(2)29(49-4)16-15-26(30)33(39-31)50-24-18-28-32(44)40-36(34(45)41-51(47,48)25-13-14-25)19-23(36)11-7-5-6-8-17-42(3)35(46)43(28)20-24/h7,9-12,15-16,23-25,28H,5-6,8,13-14,17-20H2,1-4H3,(H,40,44)(H,41,45)/b11-7-. The van der Waals surface area contributed by atoms with Crippen LogP contribution in [0.15, 0.2) is 42.5 Å². The SMILES string of the molecule is COc1ccc2c(OC3CC4C(=O)NC5(C(=O)NS(=O)(=O)C6CC6)CC5/C=C\CCCCN(C)C(=O)N4C3)nc(-c3cccc(C)n3)nc2c1C. The van der Waals surface area contributed by atoms with Gasteiger partial charge in [0.25, 0.3) is 5.91 Å². The highest BCUT2D eigenvalue weighted by Crippen LogP contribution is 2.46. The zero-order valence-electron chi connectivity index (χ0n) is 29.2. The third-order valence-electron chi connectivity index (χ3n) is 10.2. The first-order chi connectivity index (χ1) is 24.4. The number of allylic oxidation sites excluding steroid dienone is 1. The number of ether oxygens (including phenoxy) is 2. The molecule has 7 rings (SSSR count). The van der Waals surface area contributed by atoms with E-state index in [1.54, 1.807) is 19.1 Å². The van der Waals surface area contributed by atoms with Gasteiger partial charge in [0.1, 0.15) is 29.1 Å². The highest BCUT2D eigenvalue weighted by Gasteiger charge is 2.62. The Morgan fingerprint density at radius 3 is 2.63 bits per heavy atom. The molecule has 2 saturated carbocycles. The van der Waals surface area contributed by atoms with Gasteiger partial charge in [0.05, 0.1) is 29.8 Å². The Balaban J connectivity index is 1.21. The molecule has 1 saturated heterocycles. The molecule has 0 spiro atoms. The number of aryl methyl sites for hydroxylation is 2. The molecule has 4 aliphatic rings. The van der Waals surface area contributed by atoms with E-state index in [-0.39, 0.29) is 37.2 Å². The molecule has 3 fully saturated rings. The van der Waals surface area contributed by atoms with Crippen LogP contribution in [0.4, 0.5) is 4.79 Å². The first-order valence-electron chi connectivity index (χ1n) is 17.4. The highest BCUT2D eigenvalue weighted by molar-refractivity contribution is 7.91. The largest absolute Gasteiger partial charge is 0.496 e. The molecule has 4 amide bonds. The molecule has 4 atom stereocenters. The first kappa shape index (κ1) is 34.6. The van der Waals surface area contributed by atoms with Crippen molar-refractivity contribution in [1.29, 1.82) is 0 Å². The van der Waals surface area contributed by atoms with Crippen LogP contribution in [0.25, 0.3) is 22.4 Å². The van der Waals surface area contributed by atoms with Crippen molar-refractivity contribution in [2.45, 2.75) is 81.7 Å². The number of sulfonamides is 1. The summed E-state index contributed by atoms with van der Waals surface area (Å²) in [5.74, 6) is -0.401. The summed E-state index contributed by atoms with van der Waals surface area (Å²) < 4.78 is 39.9. The minimum Gasteiger partial charge on any atom is -0.496 e. The topological polar surface area (TPSA) is 173 Å². The number of aromatic nitrogens is 3. The molecule has 0 radical (unpaired) electrons. The Kier molecular flexibility index (Phi) is 9.10. The summed E-state index contributed by atoms with van der Waals surface area (Å²) in [7, 11) is -0.550. The molecular weight excluding hydrogens is 675 g/mol. The molecule has 4 unspecified atom stereocenters. The number of nitrogens with one attached hydrogen (secondary N) is 2. The van der Waals surface area contributed by atoms with E-state index in [4.69, 9.17) is 19.4 Å². The number of rotatable bonds is 7. The van der Waals surface area contributed by atoms with Gasteiger partial charge >= 0.3 is 6.03 Å². The van der Waals surface area contributed by atoms with Gasteiger partial charge in [0.15, 0.2) is 5.82 Å². The van der Waals surface area contributed by atoms with Gasteiger partial charge in [-0.2, -0.15) is 4.98 Å². The minimum atomic E-state index is -3.84. The summed E-state index contributed by atoms with van der Waals surface area (Å²) >= 11 is 0. The van der Waals surface area contributed by atoms with Crippen molar-refractivity contribution in [2.24, 2.45) is 5.92 Å². The molecule has 2 N–H and O–H groups in total. The van der Waals surface area contributed by atoms with Crippen molar-refractivity contribution in [3.63, 3.8) is 0 Å². The molecular formula is C36H43N7O7S. The second kappa shape index (κ2) is 13.4. The Morgan fingerprint density at radius 2 is 1.88 bits per heavy atom. The quantitative estimate of drug-likeness (QED) is 0.345. The number of methoxy groups -OCH3 is 1. The Morgan fingerprint density at radius 1 is 1.08 bits per heavy atom. The van der Waals surface area contributed by atoms with E-state index in [1.807, 2.05) is 56.3 Å². The number of hydrogen-bond acceptors (Lipinski definition) is 10. The molecule has 1 aromatic carbocycles. The van der Waals surface area contributed by atoms with Crippen molar-refractivity contribution < 1.29 is 32.3 Å². The predicted molar refractivity (Wildman–Crippen MR) is 188 cm³/mol. The predicted octanol–water partition coefficient (Wildman–Crippen LogP) is 3.41. The number of hydrogen-bond donors (Lipinski definition) is 2. The van der Waals surface area contributed by atoms with Gasteiger partial charge in [-0.3, -0.25) is 14.3 Å². The van der Waals surface area contributed by atoms with E-state index < -0.39 is 44.8 Å². The Hall–Kier alpha value is -4.79. The maximum atomic E-state index is 14.2. The molecule has 4 heterocycles. The van der Waals surface area contributed by atoms with Gasteiger partial charge in [-0.25, -0.2) is 23.2 Å². The zero-order valence-corrected chi connectivity index (χ0v) is 30.0. The van der Waals surface area contributed by atoms with Gasteiger partial charge in [-0.15, -0.1) is 0 Å². The van der Waals surface area contributed by atoms with Gasteiger partial charge in [-0.1, -0.05) is 18.2 Å². The number of pyridine rings is 1. The number of carbonyl (C=O) groups excluding carboxylic acids is 3. The average molecular weight is 718 g/mol. The van der Waals surface area contributed by atoms with Crippen LogP contribution in [0, 0.1) is 19.8 Å². The lowest BCUT2D eigenvalue weighted by molar-refractivity contribution is -0.131. The van der Waals surface area contributed by atoms with E-state index in [0.29, 0.717) is 47.6 Å². The zero-order chi connectivity index (χ0) is 36.1. The summed E-state index contributed by atoms with van der Waals surface area (Å²) in [6, 6.07) is 7.88. The summed E-state index contributed by atoms with van der Waals surface area (Å²) in [4.78, 5) is 59.0. The molecule has 270 valence electrons. The van der Waals surface area contributed by atoms with Crippen molar-refractivity contribution in [2.75, 3.05) is 27.2 Å². The minimum absolute atomic E-state index is 0.0819. The fourth-order valence-electron chi connectivity index (χ4n) is 7.03. The van der Waals surface area contributed by atoms with E-state index in [9.17, 15) is 22.8 Å². The van der Waals surface area contributed by atoms with Crippen molar-refractivity contribution >= 4 is 38.8 Å². The second-order valence-electron chi connectivity index (χ2n) is 14.0. The lowest BCUT2D eigenvalue weighted by Gasteiger charge is -2.30. The van der Waals surface area contributed by atoms with Crippen LogP contribution in [0.2, 0.25) is 0 Å². The van der Waals surface area contributed by atoms with Gasteiger partial charge in [-0.05, 0) is 76.6 Å². The van der Waals surface area contributed by atoms with Crippen LogP contribution in [0.5, 0.6) is 11.6 Å². The summed E-state index contributed by atoms with van der Waals surface area (Å²) in [6.07, 6.45) is 6.86. The number of urea groups is 1. The van der Waals surface area contributed by atoms with E-state index in [0.717, 1.165) is 30.5 Å². The van der Waals surface area contributed by atoms with Crippen LogP contribution in [0.1, 0.15) is 56.2 Å². The van der Waals surface area contributed by atoms with E-state index >= 15 is 0 Å². The molecule has 0 bridgehead atoms. The number of fused-ring (bicyclic) bond motifs is 3. The van der Waals surface area contributed by atoms with Crippen molar-refractivity contribution in [3.05, 3.63) is 53.7 Å². The third-order valence-corrected chi connectivity index (χ3v) is 12.1. The smallest absolute Gasteiger partial charge is 0.320 e. The summed E-state index contributed by atoms with van der Waals surface area (Å²) in [5.41, 5.74) is 1.32. The lowest BCUT2D eigenvalue weighted by Crippen LogP contribution is -2.57. The lowest BCUT2D eigenvalue weighted by atomic mass is 10.1. The Bertz CT molecular complexity index is 2040. The fraction of sp³-hybridized carbons (Fsp3) is 0.500. The van der Waals surface area contributed by atoms with Gasteiger partial charge in [0.2, 0.25) is 21.8 Å². The number of carbonyl (C=O) groups is 3. The van der Waals surface area contributed by atoms with Crippen LogP contribution >= 0.6 is 0 Å². The van der Waals surface area contributed by atoms with Crippen molar-refractivity contribution in [1.82, 2.24) is 34.8 Å². The van der Waals surface area contributed by atoms with Crippen LogP contribution in [0.3, 0.4) is 0 Å². The van der Waals surface area contributed by atoms with Crippen LogP contribution < -0.4 is 19.5 Å². The number of amides is 4. The summed E-state index contributed by atoms with van der Waals surface area (Å²) in [6.45, 7) is 4.37. The molecule has 2 aromatic heterocycles. The van der Waals surface area contributed by atoms with E-state index in [2.05, 4.69) is 15.0 Å². The fourth-order valence-corrected chi connectivity index (χ4v) is 8.40. The van der Waals surface area contributed by atoms with Gasteiger partial charge in [0, 0.05) is 37.2 Å². The maximum absolute atomic E-state index is 14.2. The van der Waals surface area contributed by atoms with Crippen LogP contribution in [-0.4, -0.2) is 101 Å². The highest BCUT2D eigenvalue weighted by atomic mass is 32.2. The van der Waals surface area contributed by atoms with Crippen LogP contribution in [-0.2, 0) is 19.6 Å². The number of nitrogens with zero attached hydrogens (tertiary/aromatic N) is 5.